The number of benzene rings is 1. The van der Waals surface area contributed by atoms with Gasteiger partial charge < -0.3 is 4.74 Å². The molecule has 1 aromatic rings. The monoisotopic (exact) mass is 320 g/mol. The number of ether oxygens (including phenoxy) is 1. The third-order valence-corrected chi connectivity index (χ3v) is 3.53. The topological polar surface area (TPSA) is 43.4 Å². The minimum Gasteiger partial charge on any atom is -0.465 e. The van der Waals surface area contributed by atoms with Gasteiger partial charge in [-0.2, -0.15) is 0 Å². The first-order valence-electron chi connectivity index (χ1n) is 4.75. The van der Waals surface area contributed by atoms with Crippen LogP contribution in [0.15, 0.2) is 21.5 Å². The van der Waals surface area contributed by atoms with Crippen molar-refractivity contribution in [3.05, 3.63) is 28.0 Å². The normalized spacial score (nSPS) is 10.1. The molecule has 0 unspecified atom stereocenters. The molecule has 0 fully saturated rings. The summed E-state index contributed by atoms with van der Waals surface area (Å²) in [5.74, 6) is -0.452. The molecule has 0 aromatic heterocycles. The fourth-order valence-electron chi connectivity index (χ4n) is 1.12. The molecule has 0 aliphatic carbocycles. The standard InChI is InChI=1S/C11H10BrFO3S/c1-7(15)16-4-5-17-11-8(6-14)2-3-9(12)10(11)13/h2-3,6H,4-5H2,1H3. The van der Waals surface area contributed by atoms with Gasteiger partial charge in [0, 0.05) is 18.2 Å². The number of hydrogen-bond acceptors (Lipinski definition) is 4. The van der Waals surface area contributed by atoms with Crippen molar-refractivity contribution in [2.45, 2.75) is 11.8 Å². The molecule has 1 rings (SSSR count). The van der Waals surface area contributed by atoms with Crippen LogP contribution in [-0.2, 0) is 9.53 Å². The number of halogens is 2. The molecule has 0 bridgehead atoms. The van der Waals surface area contributed by atoms with Crippen LogP contribution in [0.1, 0.15) is 17.3 Å². The Morgan fingerprint density at radius 2 is 2.29 bits per heavy atom. The summed E-state index contributed by atoms with van der Waals surface area (Å²) in [6, 6.07) is 3.02. The number of aldehydes is 1. The maximum atomic E-state index is 13.7. The molecule has 0 saturated carbocycles. The molecule has 0 atom stereocenters. The van der Waals surface area contributed by atoms with Crippen molar-refractivity contribution in [1.29, 1.82) is 0 Å². The second-order valence-corrected chi connectivity index (χ2v) is 5.05. The van der Waals surface area contributed by atoms with E-state index in [0.717, 1.165) is 11.8 Å². The molecule has 92 valence electrons. The van der Waals surface area contributed by atoms with Gasteiger partial charge in [0.15, 0.2) is 12.1 Å². The molecule has 0 heterocycles. The van der Waals surface area contributed by atoms with Crippen LogP contribution in [0.25, 0.3) is 0 Å². The van der Waals surface area contributed by atoms with Crippen LogP contribution < -0.4 is 0 Å². The molecule has 1 aromatic carbocycles. The van der Waals surface area contributed by atoms with Crippen molar-refractivity contribution in [2.24, 2.45) is 0 Å². The van der Waals surface area contributed by atoms with Crippen molar-refractivity contribution in [3.63, 3.8) is 0 Å². The molecule has 0 saturated heterocycles. The van der Waals surface area contributed by atoms with E-state index >= 15 is 0 Å². The van der Waals surface area contributed by atoms with Gasteiger partial charge >= 0.3 is 5.97 Å². The van der Waals surface area contributed by atoms with E-state index in [-0.39, 0.29) is 17.5 Å². The molecular formula is C11H10BrFO3S. The molecule has 17 heavy (non-hydrogen) atoms. The second kappa shape index (κ2) is 6.76. The van der Waals surface area contributed by atoms with Gasteiger partial charge in [-0.1, -0.05) is 0 Å². The quantitative estimate of drug-likeness (QED) is 0.362. The van der Waals surface area contributed by atoms with Crippen molar-refractivity contribution in [1.82, 2.24) is 0 Å². The average molecular weight is 321 g/mol. The molecule has 3 nitrogen and oxygen atoms in total. The number of carbonyl (C=O) groups is 2. The van der Waals surface area contributed by atoms with Crippen molar-refractivity contribution >= 4 is 39.9 Å². The summed E-state index contributed by atoms with van der Waals surface area (Å²) in [5.41, 5.74) is 0.290. The van der Waals surface area contributed by atoms with Gasteiger partial charge in [0.25, 0.3) is 0 Å². The van der Waals surface area contributed by atoms with Crippen LogP contribution in [0.2, 0.25) is 0 Å². The number of rotatable bonds is 5. The average Bonchev–Trinajstić information content (AvgIpc) is 2.29. The highest BCUT2D eigenvalue weighted by molar-refractivity contribution is 9.10. The molecule has 0 aliphatic heterocycles. The SMILES string of the molecule is CC(=O)OCCSc1c(C=O)ccc(Br)c1F. The summed E-state index contributed by atoms with van der Waals surface area (Å²) in [6.07, 6.45) is 0.601. The van der Waals surface area contributed by atoms with Crippen molar-refractivity contribution < 1.29 is 18.7 Å². The highest BCUT2D eigenvalue weighted by Crippen LogP contribution is 2.30. The molecule has 6 heteroatoms. The summed E-state index contributed by atoms with van der Waals surface area (Å²) < 4.78 is 18.7. The zero-order valence-corrected chi connectivity index (χ0v) is 11.4. The minimum absolute atomic E-state index is 0.185. The number of carbonyl (C=O) groups excluding carboxylic acids is 2. The Morgan fingerprint density at radius 3 is 2.88 bits per heavy atom. The smallest absolute Gasteiger partial charge is 0.302 e. The number of thioether (sulfide) groups is 1. The fourth-order valence-corrected chi connectivity index (χ4v) is 2.47. The Kier molecular flexibility index (Phi) is 5.64. The van der Waals surface area contributed by atoms with Gasteiger partial charge in [-0.25, -0.2) is 4.39 Å². The van der Waals surface area contributed by atoms with Crippen molar-refractivity contribution in [3.8, 4) is 0 Å². The van der Waals surface area contributed by atoms with Gasteiger partial charge in [-0.3, -0.25) is 9.59 Å². The van der Waals surface area contributed by atoms with Gasteiger partial charge in [-0.05, 0) is 28.1 Å². The second-order valence-electron chi connectivity index (χ2n) is 3.09. The summed E-state index contributed by atoms with van der Waals surface area (Å²) in [7, 11) is 0. The maximum absolute atomic E-state index is 13.7. The van der Waals surface area contributed by atoms with Gasteiger partial charge in [0.1, 0.15) is 6.61 Å². The Bertz CT molecular complexity index is 437. The predicted molar refractivity (Wildman–Crippen MR) is 66.8 cm³/mol. The lowest BCUT2D eigenvalue weighted by atomic mass is 10.2. The van der Waals surface area contributed by atoms with E-state index in [2.05, 4.69) is 15.9 Å². The van der Waals surface area contributed by atoms with E-state index in [4.69, 9.17) is 4.74 Å². The van der Waals surface area contributed by atoms with E-state index in [1.54, 1.807) is 0 Å². The molecule has 0 spiro atoms. The third kappa shape index (κ3) is 4.12. The molecule has 0 N–H and O–H groups in total. The first-order valence-corrected chi connectivity index (χ1v) is 6.53. The summed E-state index contributed by atoms with van der Waals surface area (Å²) >= 11 is 4.19. The van der Waals surface area contributed by atoms with Gasteiger partial charge in [-0.15, -0.1) is 11.8 Å². The highest BCUT2D eigenvalue weighted by Gasteiger charge is 2.12. The lowest BCUT2D eigenvalue weighted by Crippen LogP contribution is -2.03. The lowest BCUT2D eigenvalue weighted by Gasteiger charge is -2.07. The Balaban J connectivity index is 2.72. The van der Waals surface area contributed by atoms with E-state index in [0.29, 0.717) is 22.1 Å². The van der Waals surface area contributed by atoms with Crippen LogP contribution in [0.5, 0.6) is 0 Å². The van der Waals surface area contributed by atoms with Gasteiger partial charge in [0.2, 0.25) is 0 Å². The summed E-state index contributed by atoms with van der Waals surface area (Å²) in [4.78, 5) is 21.5. The predicted octanol–water partition coefficient (Wildman–Crippen LogP) is 3.06. The minimum atomic E-state index is -0.470. The maximum Gasteiger partial charge on any atom is 0.302 e. The number of hydrogen-bond donors (Lipinski definition) is 0. The molecule has 0 amide bonds. The first-order chi connectivity index (χ1) is 8.06. The number of esters is 1. The summed E-state index contributed by atoms with van der Waals surface area (Å²) in [5, 5.41) is 0. The molecule has 0 radical (unpaired) electrons. The summed E-state index contributed by atoms with van der Waals surface area (Å²) in [6.45, 7) is 1.49. The largest absolute Gasteiger partial charge is 0.465 e. The van der Waals surface area contributed by atoms with Crippen LogP contribution in [0, 0.1) is 5.82 Å². The van der Waals surface area contributed by atoms with E-state index in [1.165, 1.54) is 19.1 Å². The molecular weight excluding hydrogens is 311 g/mol. The Labute approximate surface area is 111 Å². The van der Waals surface area contributed by atoms with Crippen LogP contribution in [0.4, 0.5) is 4.39 Å². The van der Waals surface area contributed by atoms with Crippen LogP contribution in [0.3, 0.4) is 0 Å². The van der Waals surface area contributed by atoms with E-state index in [9.17, 15) is 14.0 Å². The zero-order chi connectivity index (χ0) is 12.8. The lowest BCUT2D eigenvalue weighted by molar-refractivity contribution is -0.140. The fraction of sp³-hybridized carbons (Fsp3) is 0.273. The Hall–Kier alpha value is -0.880. The third-order valence-electron chi connectivity index (χ3n) is 1.84. The zero-order valence-electron chi connectivity index (χ0n) is 9.04. The Morgan fingerprint density at radius 1 is 1.59 bits per heavy atom. The molecule has 0 aliphatic rings. The highest BCUT2D eigenvalue weighted by atomic mass is 79.9. The van der Waals surface area contributed by atoms with E-state index < -0.39 is 5.82 Å². The van der Waals surface area contributed by atoms with Crippen LogP contribution in [-0.4, -0.2) is 24.6 Å². The van der Waals surface area contributed by atoms with E-state index in [1.807, 2.05) is 0 Å². The van der Waals surface area contributed by atoms with Gasteiger partial charge in [0.05, 0.1) is 9.37 Å². The first kappa shape index (κ1) is 14.2. The van der Waals surface area contributed by atoms with Crippen molar-refractivity contribution in [2.75, 3.05) is 12.4 Å². The van der Waals surface area contributed by atoms with Crippen LogP contribution >= 0.6 is 27.7 Å².